The van der Waals surface area contributed by atoms with Crippen molar-refractivity contribution in [2.24, 2.45) is 5.73 Å². The third-order valence-corrected chi connectivity index (χ3v) is 3.46. The monoisotopic (exact) mass is 290 g/mol. The van der Waals surface area contributed by atoms with Gasteiger partial charge in [0, 0.05) is 30.2 Å². The summed E-state index contributed by atoms with van der Waals surface area (Å²) in [5, 5.41) is 5.91. The molecule has 0 radical (unpaired) electrons. The molecule has 4 nitrogen and oxygen atoms in total. The molecular weight excluding hydrogens is 269 g/mol. The quantitative estimate of drug-likeness (QED) is 0.898. The predicted octanol–water partition coefficient (Wildman–Crippen LogP) is 2.35. The van der Waals surface area contributed by atoms with Crippen LogP contribution in [0.2, 0.25) is 0 Å². The zero-order valence-electron chi connectivity index (χ0n) is 11.8. The van der Waals surface area contributed by atoms with Crippen LogP contribution < -0.4 is 5.73 Å². The van der Waals surface area contributed by atoms with E-state index in [1.165, 1.54) is 0 Å². The summed E-state index contributed by atoms with van der Waals surface area (Å²) in [7, 11) is 0. The van der Waals surface area contributed by atoms with E-state index >= 15 is 0 Å². The van der Waals surface area contributed by atoms with Gasteiger partial charge in [-0.3, -0.25) is 5.10 Å². The number of nitrogens with one attached hydrogen (secondary N) is 1. The van der Waals surface area contributed by atoms with Gasteiger partial charge in [-0.15, -0.1) is 0 Å². The molecule has 2 rings (SSSR count). The van der Waals surface area contributed by atoms with Crippen LogP contribution in [0.4, 0.5) is 13.2 Å². The number of piperidine rings is 1. The summed E-state index contributed by atoms with van der Waals surface area (Å²) in [6.07, 6.45) is -2.55. The maximum atomic E-state index is 12.6. The predicted molar refractivity (Wildman–Crippen MR) is 70.3 cm³/mol. The molecule has 1 aromatic heterocycles. The Bertz CT molecular complexity index is 447. The number of hydrogen-bond donors (Lipinski definition) is 2. The molecule has 114 valence electrons. The number of rotatable bonds is 3. The molecule has 1 unspecified atom stereocenters. The molecule has 1 atom stereocenters. The minimum atomic E-state index is -4.39. The van der Waals surface area contributed by atoms with Crippen LogP contribution in [0.3, 0.4) is 0 Å². The maximum Gasteiger partial charge on any atom is 0.435 e. The van der Waals surface area contributed by atoms with Crippen LogP contribution in [0, 0.1) is 0 Å². The normalized spacial score (nSPS) is 22.2. The first kappa shape index (κ1) is 15.3. The van der Waals surface area contributed by atoms with Gasteiger partial charge in [0.25, 0.3) is 0 Å². The lowest BCUT2D eigenvalue weighted by atomic mass is 9.93. The van der Waals surface area contributed by atoms with Gasteiger partial charge >= 0.3 is 6.18 Å². The Kier molecular flexibility index (Phi) is 4.11. The van der Waals surface area contributed by atoms with Crippen molar-refractivity contribution in [2.45, 2.75) is 44.3 Å². The number of alkyl halides is 3. The highest BCUT2D eigenvalue weighted by Gasteiger charge is 2.35. The Morgan fingerprint density at radius 3 is 2.70 bits per heavy atom. The van der Waals surface area contributed by atoms with Gasteiger partial charge in [0.1, 0.15) is 0 Å². The highest BCUT2D eigenvalue weighted by atomic mass is 19.4. The minimum absolute atomic E-state index is 0.0645. The standard InChI is InChI=1S/C13H21F3N4/c1-12(2,17)8-20-5-3-4-9(7-20)10-6-11(19-18-10)13(14,15)16/h6,9H,3-5,7-8,17H2,1-2H3,(H,18,19). The molecule has 3 N–H and O–H groups in total. The topological polar surface area (TPSA) is 57.9 Å². The first-order valence-electron chi connectivity index (χ1n) is 6.79. The zero-order valence-corrected chi connectivity index (χ0v) is 11.8. The third kappa shape index (κ3) is 3.96. The highest BCUT2D eigenvalue weighted by Crippen LogP contribution is 2.32. The lowest BCUT2D eigenvalue weighted by Crippen LogP contribution is -2.48. The van der Waals surface area contributed by atoms with E-state index in [-0.39, 0.29) is 11.5 Å². The second-order valence-electron chi connectivity index (χ2n) is 6.27. The lowest BCUT2D eigenvalue weighted by molar-refractivity contribution is -0.141. The average molecular weight is 290 g/mol. The van der Waals surface area contributed by atoms with E-state index in [1.807, 2.05) is 13.8 Å². The Morgan fingerprint density at radius 2 is 2.15 bits per heavy atom. The molecule has 2 heterocycles. The first-order valence-corrected chi connectivity index (χ1v) is 6.79. The zero-order chi connectivity index (χ0) is 15.0. The van der Waals surface area contributed by atoms with Gasteiger partial charge in [-0.25, -0.2) is 0 Å². The van der Waals surface area contributed by atoms with E-state index in [0.717, 1.165) is 38.5 Å². The lowest BCUT2D eigenvalue weighted by Gasteiger charge is -2.36. The SMILES string of the molecule is CC(C)(N)CN1CCCC(c2cc(C(F)(F)F)n[nH]2)C1. The van der Waals surface area contributed by atoms with Gasteiger partial charge in [-0.1, -0.05) is 0 Å². The number of nitrogens with zero attached hydrogens (tertiary/aromatic N) is 2. The number of H-pyrrole nitrogens is 1. The van der Waals surface area contributed by atoms with Crippen molar-refractivity contribution in [1.82, 2.24) is 15.1 Å². The molecule has 1 aliphatic rings. The van der Waals surface area contributed by atoms with Crippen molar-refractivity contribution in [3.8, 4) is 0 Å². The van der Waals surface area contributed by atoms with Gasteiger partial charge in [-0.05, 0) is 39.3 Å². The van der Waals surface area contributed by atoms with Crippen molar-refractivity contribution >= 4 is 0 Å². The van der Waals surface area contributed by atoms with Gasteiger partial charge < -0.3 is 10.6 Å². The molecule has 1 fully saturated rings. The number of aromatic amines is 1. The van der Waals surface area contributed by atoms with Crippen LogP contribution in [0.5, 0.6) is 0 Å². The summed E-state index contributed by atoms with van der Waals surface area (Å²) in [5.74, 6) is 0.0645. The van der Waals surface area contributed by atoms with E-state index < -0.39 is 11.9 Å². The van der Waals surface area contributed by atoms with Gasteiger partial charge in [-0.2, -0.15) is 18.3 Å². The molecule has 0 amide bonds. The van der Waals surface area contributed by atoms with E-state index in [2.05, 4.69) is 15.1 Å². The Labute approximate surface area is 116 Å². The molecule has 1 aromatic rings. The van der Waals surface area contributed by atoms with E-state index in [4.69, 9.17) is 5.73 Å². The molecule has 0 spiro atoms. The molecule has 7 heteroatoms. The fourth-order valence-corrected chi connectivity index (χ4v) is 2.72. The molecule has 20 heavy (non-hydrogen) atoms. The second-order valence-corrected chi connectivity index (χ2v) is 6.27. The number of likely N-dealkylation sites (tertiary alicyclic amines) is 1. The molecular formula is C13H21F3N4. The summed E-state index contributed by atoms with van der Waals surface area (Å²) in [6.45, 7) is 6.31. The average Bonchev–Trinajstić information content (AvgIpc) is 2.75. The molecule has 1 aliphatic heterocycles. The molecule has 0 saturated carbocycles. The smallest absolute Gasteiger partial charge is 0.324 e. The Morgan fingerprint density at radius 1 is 1.45 bits per heavy atom. The number of hydrogen-bond acceptors (Lipinski definition) is 3. The van der Waals surface area contributed by atoms with Crippen molar-refractivity contribution in [2.75, 3.05) is 19.6 Å². The van der Waals surface area contributed by atoms with Crippen LogP contribution in [0.15, 0.2) is 6.07 Å². The van der Waals surface area contributed by atoms with Crippen LogP contribution in [0.1, 0.15) is 44.0 Å². The summed E-state index contributed by atoms with van der Waals surface area (Å²) in [4.78, 5) is 2.21. The van der Waals surface area contributed by atoms with E-state index in [9.17, 15) is 13.2 Å². The highest BCUT2D eigenvalue weighted by molar-refractivity contribution is 5.16. The fourth-order valence-electron chi connectivity index (χ4n) is 2.72. The minimum Gasteiger partial charge on any atom is -0.324 e. The van der Waals surface area contributed by atoms with Crippen molar-refractivity contribution in [3.05, 3.63) is 17.5 Å². The maximum absolute atomic E-state index is 12.6. The van der Waals surface area contributed by atoms with Crippen molar-refractivity contribution in [1.29, 1.82) is 0 Å². The Hall–Kier alpha value is -1.08. The summed E-state index contributed by atoms with van der Waals surface area (Å²) < 4.78 is 37.7. The number of aromatic nitrogens is 2. The number of halogens is 3. The van der Waals surface area contributed by atoms with Gasteiger partial charge in [0.15, 0.2) is 5.69 Å². The third-order valence-electron chi connectivity index (χ3n) is 3.46. The first-order chi connectivity index (χ1) is 9.15. The fraction of sp³-hybridized carbons (Fsp3) is 0.769. The van der Waals surface area contributed by atoms with Crippen LogP contribution in [0.25, 0.3) is 0 Å². The van der Waals surface area contributed by atoms with Crippen molar-refractivity contribution in [3.63, 3.8) is 0 Å². The summed E-state index contributed by atoms with van der Waals surface area (Å²) in [5.41, 5.74) is 5.43. The summed E-state index contributed by atoms with van der Waals surface area (Å²) >= 11 is 0. The van der Waals surface area contributed by atoms with Crippen LogP contribution in [-0.2, 0) is 6.18 Å². The molecule has 1 saturated heterocycles. The van der Waals surface area contributed by atoms with E-state index in [1.54, 1.807) is 0 Å². The van der Waals surface area contributed by atoms with Gasteiger partial charge in [0.05, 0.1) is 0 Å². The van der Waals surface area contributed by atoms with Crippen LogP contribution >= 0.6 is 0 Å². The summed E-state index contributed by atoms with van der Waals surface area (Å²) in [6, 6.07) is 1.13. The Balaban J connectivity index is 2.04. The van der Waals surface area contributed by atoms with Crippen LogP contribution in [-0.4, -0.2) is 40.3 Å². The van der Waals surface area contributed by atoms with Gasteiger partial charge in [0.2, 0.25) is 0 Å². The van der Waals surface area contributed by atoms with Crippen molar-refractivity contribution < 1.29 is 13.2 Å². The van der Waals surface area contributed by atoms with E-state index in [0.29, 0.717) is 5.69 Å². The molecule has 0 aromatic carbocycles. The molecule has 0 aliphatic carbocycles. The number of nitrogens with two attached hydrogens (primary N) is 1. The second kappa shape index (κ2) is 5.37. The largest absolute Gasteiger partial charge is 0.435 e. The molecule has 0 bridgehead atoms.